The van der Waals surface area contributed by atoms with Crippen LogP contribution in [0.15, 0.2) is 46.3 Å². The van der Waals surface area contributed by atoms with Crippen molar-refractivity contribution in [2.45, 2.75) is 39.3 Å². The number of likely N-dealkylation sites (tertiary alicyclic amines) is 1. The van der Waals surface area contributed by atoms with Crippen molar-refractivity contribution in [1.29, 1.82) is 0 Å². The maximum atomic E-state index is 13.0. The number of hydrogen-bond acceptors (Lipinski definition) is 5. The van der Waals surface area contributed by atoms with Gasteiger partial charge in [-0.25, -0.2) is 0 Å². The maximum Gasteiger partial charge on any atom is 0.254 e. The average Bonchev–Trinajstić information content (AvgIpc) is 3.42. The fourth-order valence-electron chi connectivity index (χ4n) is 3.51. The smallest absolute Gasteiger partial charge is 0.254 e. The minimum Gasteiger partial charge on any atom is -0.489 e. The van der Waals surface area contributed by atoms with Gasteiger partial charge < -0.3 is 14.2 Å². The number of ether oxygens (including phenoxy) is 1. The van der Waals surface area contributed by atoms with Crippen LogP contribution in [-0.4, -0.2) is 22.5 Å². The molecule has 1 aliphatic rings. The van der Waals surface area contributed by atoms with E-state index in [1.54, 1.807) is 11.3 Å². The summed E-state index contributed by atoms with van der Waals surface area (Å²) in [7, 11) is 0. The second-order valence-electron chi connectivity index (χ2n) is 6.79. The summed E-state index contributed by atoms with van der Waals surface area (Å²) in [5, 5.41) is 6.00. The third-order valence-corrected chi connectivity index (χ3v) is 6.02. The Balaban J connectivity index is 1.43. The molecule has 3 aromatic rings. The van der Waals surface area contributed by atoms with E-state index in [1.807, 2.05) is 49.1 Å². The molecule has 27 heavy (non-hydrogen) atoms. The van der Waals surface area contributed by atoms with Crippen molar-refractivity contribution < 1.29 is 14.1 Å². The second kappa shape index (κ2) is 7.56. The van der Waals surface area contributed by atoms with E-state index in [4.69, 9.17) is 9.26 Å². The van der Waals surface area contributed by atoms with Crippen LogP contribution in [0.2, 0.25) is 0 Å². The summed E-state index contributed by atoms with van der Waals surface area (Å²) in [6, 6.07) is 11.7. The Kier molecular flexibility index (Phi) is 4.99. The lowest BCUT2D eigenvalue weighted by Gasteiger charge is -2.24. The van der Waals surface area contributed by atoms with Crippen LogP contribution in [0.25, 0.3) is 0 Å². The van der Waals surface area contributed by atoms with Gasteiger partial charge in [-0.05, 0) is 62.4 Å². The molecule has 1 saturated heterocycles. The summed E-state index contributed by atoms with van der Waals surface area (Å²) < 4.78 is 11.0. The number of aryl methyl sites for hydroxylation is 2. The zero-order chi connectivity index (χ0) is 18.8. The van der Waals surface area contributed by atoms with Crippen LogP contribution in [0, 0.1) is 13.8 Å². The summed E-state index contributed by atoms with van der Waals surface area (Å²) >= 11 is 1.72. The predicted molar refractivity (Wildman–Crippen MR) is 104 cm³/mol. The Morgan fingerprint density at radius 2 is 2.11 bits per heavy atom. The molecule has 0 unspecified atom stereocenters. The van der Waals surface area contributed by atoms with Gasteiger partial charge in [-0.3, -0.25) is 4.79 Å². The van der Waals surface area contributed by atoms with Crippen molar-refractivity contribution in [3.8, 4) is 5.75 Å². The molecule has 0 aliphatic carbocycles. The molecule has 1 amide bonds. The van der Waals surface area contributed by atoms with Crippen LogP contribution in [0.3, 0.4) is 0 Å². The number of nitrogens with zero attached hydrogens (tertiary/aromatic N) is 2. The predicted octanol–water partition coefficient (Wildman–Crippen LogP) is 4.91. The Bertz CT molecular complexity index is 896. The first-order valence-electron chi connectivity index (χ1n) is 9.12. The van der Waals surface area contributed by atoms with Crippen LogP contribution >= 0.6 is 11.3 Å². The van der Waals surface area contributed by atoms with Gasteiger partial charge in [0.2, 0.25) is 0 Å². The van der Waals surface area contributed by atoms with Gasteiger partial charge in [0.1, 0.15) is 18.1 Å². The van der Waals surface area contributed by atoms with Gasteiger partial charge in [-0.15, -0.1) is 11.3 Å². The largest absolute Gasteiger partial charge is 0.489 e. The van der Waals surface area contributed by atoms with Crippen LogP contribution in [0.4, 0.5) is 0 Å². The summed E-state index contributed by atoms with van der Waals surface area (Å²) in [4.78, 5) is 16.2. The van der Waals surface area contributed by atoms with Gasteiger partial charge in [-0.1, -0.05) is 11.2 Å². The minimum absolute atomic E-state index is 0.0863. The first-order valence-corrected chi connectivity index (χ1v) is 10.0. The Morgan fingerprint density at radius 3 is 2.78 bits per heavy atom. The molecule has 2 aromatic heterocycles. The zero-order valence-electron chi connectivity index (χ0n) is 15.5. The quantitative estimate of drug-likeness (QED) is 0.629. The highest BCUT2D eigenvalue weighted by Gasteiger charge is 2.31. The molecule has 5 nitrogen and oxygen atoms in total. The van der Waals surface area contributed by atoms with Crippen LogP contribution in [0.5, 0.6) is 5.75 Å². The van der Waals surface area contributed by atoms with Gasteiger partial charge in [-0.2, -0.15) is 0 Å². The van der Waals surface area contributed by atoms with Crippen LogP contribution < -0.4 is 4.74 Å². The number of rotatable bonds is 5. The summed E-state index contributed by atoms with van der Waals surface area (Å²) in [6.07, 6.45) is 2.08. The van der Waals surface area contributed by atoms with E-state index in [0.717, 1.165) is 42.2 Å². The van der Waals surface area contributed by atoms with E-state index < -0.39 is 0 Å². The second-order valence-corrected chi connectivity index (χ2v) is 7.77. The fourth-order valence-corrected chi connectivity index (χ4v) is 4.38. The third-order valence-electron chi connectivity index (χ3n) is 5.05. The minimum atomic E-state index is 0.0863. The molecule has 3 heterocycles. The standard InChI is InChI=1S/C21H22N2O3S/c1-14-18(15(2)26-22-14)13-25-17-9-7-16(8-10-17)21(24)23-11-3-5-19(23)20-6-4-12-27-20/h4,6-10,12,19H,3,5,11,13H2,1-2H3/t19-/m1/s1. The summed E-state index contributed by atoms with van der Waals surface area (Å²) in [5.41, 5.74) is 2.50. The third kappa shape index (κ3) is 3.62. The Hall–Kier alpha value is -2.60. The highest BCUT2D eigenvalue weighted by molar-refractivity contribution is 7.10. The van der Waals surface area contributed by atoms with Gasteiger partial charge in [0.25, 0.3) is 5.91 Å². The lowest BCUT2D eigenvalue weighted by Crippen LogP contribution is -2.30. The zero-order valence-corrected chi connectivity index (χ0v) is 16.3. The Labute approximate surface area is 162 Å². The fraction of sp³-hybridized carbons (Fsp3) is 0.333. The molecule has 140 valence electrons. The number of hydrogen-bond donors (Lipinski definition) is 0. The normalized spacial score (nSPS) is 16.7. The molecule has 1 fully saturated rings. The number of thiophene rings is 1. The van der Waals surface area contributed by atoms with E-state index in [0.29, 0.717) is 12.2 Å². The SMILES string of the molecule is Cc1noc(C)c1COc1ccc(C(=O)N2CCC[C@@H]2c2cccs2)cc1. The van der Waals surface area contributed by atoms with Crippen LogP contribution in [0.1, 0.15) is 51.1 Å². The lowest BCUT2D eigenvalue weighted by atomic mass is 10.1. The van der Waals surface area contributed by atoms with Crippen molar-refractivity contribution in [1.82, 2.24) is 10.1 Å². The van der Waals surface area contributed by atoms with Crippen molar-refractivity contribution in [3.63, 3.8) is 0 Å². The van der Waals surface area contributed by atoms with Crippen molar-refractivity contribution >= 4 is 17.2 Å². The highest BCUT2D eigenvalue weighted by atomic mass is 32.1. The number of carbonyl (C=O) groups is 1. The van der Waals surface area contributed by atoms with Gasteiger partial charge in [0.15, 0.2) is 0 Å². The molecular weight excluding hydrogens is 360 g/mol. The first-order chi connectivity index (χ1) is 13.1. The van der Waals surface area contributed by atoms with Crippen LogP contribution in [-0.2, 0) is 6.61 Å². The molecule has 0 bridgehead atoms. The summed E-state index contributed by atoms with van der Waals surface area (Å²) in [5.74, 6) is 1.58. The molecule has 1 atom stereocenters. The van der Waals surface area contributed by atoms with Gasteiger partial charge >= 0.3 is 0 Å². The highest BCUT2D eigenvalue weighted by Crippen LogP contribution is 2.35. The first kappa shape index (κ1) is 17.8. The molecule has 0 saturated carbocycles. The number of benzene rings is 1. The van der Waals surface area contributed by atoms with Gasteiger partial charge in [0, 0.05) is 17.0 Å². The van der Waals surface area contributed by atoms with Crippen molar-refractivity contribution in [3.05, 3.63) is 69.2 Å². The van der Waals surface area contributed by atoms with E-state index in [-0.39, 0.29) is 11.9 Å². The maximum absolute atomic E-state index is 13.0. The average molecular weight is 382 g/mol. The number of amides is 1. The van der Waals surface area contributed by atoms with Gasteiger partial charge in [0.05, 0.1) is 17.3 Å². The molecule has 0 N–H and O–H groups in total. The van der Waals surface area contributed by atoms with E-state index in [2.05, 4.69) is 16.6 Å². The lowest BCUT2D eigenvalue weighted by molar-refractivity contribution is 0.0738. The molecule has 0 spiro atoms. The van der Waals surface area contributed by atoms with Crippen molar-refractivity contribution in [2.75, 3.05) is 6.54 Å². The molecule has 4 rings (SSSR count). The topological polar surface area (TPSA) is 55.6 Å². The molecule has 1 aromatic carbocycles. The molecule has 1 aliphatic heterocycles. The van der Waals surface area contributed by atoms with Crippen molar-refractivity contribution in [2.24, 2.45) is 0 Å². The Morgan fingerprint density at radius 1 is 1.30 bits per heavy atom. The monoisotopic (exact) mass is 382 g/mol. The van der Waals surface area contributed by atoms with E-state index >= 15 is 0 Å². The summed E-state index contributed by atoms with van der Waals surface area (Å²) in [6.45, 7) is 4.99. The molecule has 0 radical (unpaired) electrons. The van der Waals surface area contributed by atoms with E-state index in [1.165, 1.54) is 4.88 Å². The van der Waals surface area contributed by atoms with E-state index in [9.17, 15) is 4.79 Å². The molecular formula is C21H22N2O3S. The molecule has 6 heteroatoms. The number of aromatic nitrogens is 1. The number of carbonyl (C=O) groups excluding carboxylic acids is 1.